The standard InChI is InChI=1S/C14H19N3O2/c1-4-11(5-2)16-9-10-6-7-13(19-3)12(8-10)14(15)17-18/h1,6-8,11,16,18H,5,9H2,2-3H3,(H2,15,17). The van der Waals surface area contributed by atoms with E-state index in [0.717, 1.165) is 12.0 Å². The zero-order valence-corrected chi connectivity index (χ0v) is 11.2. The molecule has 0 fully saturated rings. The highest BCUT2D eigenvalue weighted by Crippen LogP contribution is 2.19. The summed E-state index contributed by atoms with van der Waals surface area (Å²) >= 11 is 0. The van der Waals surface area contributed by atoms with E-state index >= 15 is 0 Å². The van der Waals surface area contributed by atoms with Crippen LogP contribution in [0.5, 0.6) is 5.75 Å². The van der Waals surface area contributed by atoms with Gasteiger partial charge in [0.25, 0.3) is 0 Å². The van der Waals surface area contributed by atoms with Gasteiger partial charge in [0.15, 0.2) is 5.84 Å². The van der Waals surface area contributed by atoms with Crippen molar-refractivity contribution in [2.75, 3.05) is 7.11 Å². The summed E-state index contributed by atoms with van der Waals surface area (Å²) in [7, 11) is 1.53. The van der Waals surface area contributed by atoms with E-state index < -0.39 is 0 Å². The van der Waals surface area contributed by atoms with Crippen LogP contribution in [0.25, 0.3) is 0 Å². The number of hydrogen-bond donors (Lipinski definition) is 3. The molecule has 1 unspecified atom stereocenters. The number of ether oxygens (including phenoxy) is 1. The highest BCUT2D eigenvalue weighted by Gasteiger charge is 2.09. The van der Waals surface area contributed by atoms with Crippen LogP contribution in [0.3, 0.4) is 0 Å². The molecular weight excluding hydrogens is 242 g/mol. The number of amidine groups is 1. The monoisotopic (exact) mass is 261 g/mol. The molecule has 0 saturated heterocycles. The van der Waals surface area contributed by atoms with Gasteiger partial charge in [-0.05, 0) is 24.1 Å². The molecule has 0 spiro atoms. The predicted octanol–water partition coefficient (Wildman–Crippen LogP) is 1.29. The first-order valence-electron chi connectivity index (χ1n) is 6.00. The Bertz CT molecular complexity index is 492. The number of nitrogens with one attached hydrogen (secondary N) is 1. The Morgan fingerprint density at radius 1 is 1.63 bits per heavy atom. The number of rotatable bonds is 6. The molecule has 0 saturated carbocycles. The number of methoxy groups -OCH3 is 1. The molecule has 5 heteroatoms. The normalized spacial score (nSPS) is 12.8. The molecule has 1 rings (SSSR count). The van der Waals surface area contributed by atoms with Gasteiger partial charge >= 0.3 is 0 Å². The van der Waals surface area contributed by atoms with Crippen LogP contribution in [0.2, 0.25) is 0 Å². The highest BCUT2D eigenvalue weighted by molar-refractivity contribution is 5.99. The second-order valence-electron chi connectivity index (χ2n) is 4.03. The molecule has 0 heterocycles. The zero-order valence-electron chi connectivity index (χ0n) is 11.2. The third-order valence-corrected chi connectivity index (χ3v) is 2.81. The average molecular weight is 261 g/mol. The maximum Gasteiger partial charge on any atom is 0.173 e. The van der Waals surface area contributed by atoms with Gasteiger partial charge in [-0.15, -0.1) is 6.42 Å². The first kappa shape index (κ1) is 14.9. The third kappa shape index (κ3) is 3.90. The SMILES string of the molecule is C#CC(CC)NCc1ccc(OC)c(/C(N)=N/O)c1. The van der Waals surface area contributed by atoms with Crippen LogP contribution >= 0.6 is 0 Å². The lowest BCUT2D eigenvalue weighted by atomic mass is 10.1. The first-order chi connectivity index (χ1) is 9.15. The van der Waals surface area contributed by atoms with Gasteiger partial charge in [0.05, 0.1) is 18.7 Å². The number of terminal acetylenes is 1. The van der Waals surface area contributed by atoms with Crippen LogP contribution < -0.4 is 15.8 Å². The smallest absolute Gasteiger partial charge is 0.173 e. The molecule has 0 radical (unpaired) electrons. The minimum Gasteiger partial charge on any atom is -0.496 e. The van der Waals surface area contributed by atoms with Crippen LogP contribution in [0.4, 0.5) is 0 Å². The van der Waals surface area contributed by atoms with Crippen molar-refractivity contribution in [3.8, 4) is 18.1 Å². The molecule has 0 aliphatic heterocycles. The van der Waals surface area contributed by atoms with Gasteiger partial charge in [-0.2, -0.15) is 0 Å². The second kappa shape index (κ2) is 7.29. The summed E-state index contributed by atoms with van der Waals surface area (Å²) in [4.78, 5) is 0. The molecule has 0 aromatic heterocycles. The van der Waals surface area contributed by atoms with Gasteiger partial charge in [-0.1, -0.05) is 24.1 Å². The molecule has 0 aliphatic rings. The van der Waals surface area contributed by atoms with Gasteiger partial charge in [-0.3, -0.25) is 5.32 Å². The van der Waals surface area contributed by atoms with Gasteiger partial charge in [0.1, 0.15) is 5.75 Å². The quantitative estimate of drug-likeness (QED) is 0.237. The summed E-state index contributed by atoms with van der Waals surface area (Å²) in [5, 5.41) is 15.0. The van der Waals surface area contributed by atoms with Crippen LogP contribution in [0.1, 0.15) is 24.5 Å². The lowest BCUT2D eigenvalue weighted by molar-refractivity contribution is 0.318. The Hall–Kier alpha value is -2.19. The van der Waals surface area contributed by atoms with Crippen molar-refractivity contribution in [2.24, 2.45) is 10.9 Å². The fourth-order valence-corrected chi connectivity index (χ4v) is 1.68. The Kier molecular flexibility index (Phi) is 5.71. The molecule has 19 heavy (non-hydrogen) atoms. The fraction of sp³-hybridized carbons (Fsp3) is 0.357. The minimum atomic E-state index is 0.0164. The molecule has 4 N–H and O–H groups in total. The van der Waals surface area contributed by atoms with Crippen molar-refractivity contribution in [3.63, 3.8) is 0 Å². The van der Waals surface area contributed by atoms with Crippen LogP contribution in [0, 0.1) is 12.3 Å². The van der Waals surface area contributed by atoms with E-state index in [4.69, 9.17) is 22.1 Å². The number of oxime groups is 1. The molecule has 1 atom stereocenters. The Balaban J connectivity index is 2.90. The van der Waals surface area contributed by atoms with Crippen molar-refractivity contribution in [2.45, 2.75) is 25.9 Å². The summed E-state index contributed by atoms with van der Waals surface area (Å²) in [5.74, 6) is 3.24. The Morgan fingerprint density at radius 3 is 2.89 bits per heavy atom. The van der Waals surface area contributed by atoms with E-state index in [1.807, 2.05) is 19.1 Å². The molecule has 102 valence electrons. The number of benzene rings is 1. The van der Waals surface area contributed by atoms with Crippen molar-refractivity contribution in [3.05, 3.63) is 29.3 Å². The largest absolute Gasteiger partial charge is 0.496 e. The van der Waals surface area contributed by atoms with E-state index in [0.29, 0.717) is 17.9 Å². The topological polar surface area (TPSA) is 79.9 Å². The lowest BCUT2D eigenvalue weighted by Gasteiger charge is -2.13. The fourth-order valence-electron chi connectivity index (χ4n) is 1.68. The Morgan fingerprint density at radius 2 is 2.37 bits per heavy atom. The van der Waals surface area contributed by atoms with Crippen LogP contribution in [-0.2, 0) is 6.54 Å². The minimum absolute atomic E-state index is 0.0164. The first-order valence-corrected chi connectivity index (χ1v) is 6.00. The van der Waals surface area contributed by atoms with Crippen molar-refractivity contribution < 1.29 is 9.94 Å². The molecule has 5 nitrogen and oxygen atoms in total. The van der Waals surface area contributed by atoms with Crippen LogP contribution in [0.15, 0.2) is 23.4 Å². The zero-order chi connectivity index (χ0) is 14.3. The van der Waals surface area contributed by atoms with Gasteiger partial charge in [-0.25, -0.2) is 0 Å². The third-order valence-electron chi connectivity index (χ3n) is 2.81. The second-order valence-corrected chi connectivity index (χ2v) is 4.03. The van der Waals surface area contributed by atoms with E-state index in [2.05, 4.69) is 16.4 Å². The molecule has 1 aromatic rings. The maximum absolute atomic E-state index is 8.76. The van der Waals surface area contributed by atoms with Crippen molar-refractivity contribution in [1.82, 2.24) is 5.32 Å². The van der Waals surface area contributed by atoms with Gasteiger partial charge in [0, 0.05) is 6.54 Å². The van der Waals surface area contributed by atoms with Crippen molar-refractivity contribution in [1.29, 1.82) is 0 Å². The summed E-state index contributed by atoms with van der Waals surface area (Å²) < 4.78 is 5.17. The number of nitrogens with two attached hydrogens (primary N) is 1. The van der Waals surface area contributed by atoms with E-state index in [1.165, 1.54) is 7.11 Å². The number of nitrogens with zero attached hydrogens (tertiary/aromatic N) is 1. The molecule has 0 aliphatic carbocycles. The molecular formula is C14H19N3O2. The number of hydrogen-bond acceptors (Lipinski definition) is 4. The highest BCUT2D eigenvalue weighted by atomic mass is 16.5. The van der Waals surface area contributed by atoms with E-state index in [1.54, 1.807) is 6.07 Å². The van der Waals surface area contributed by atoms with E-state index in [-0.39, 0.29) is 11.9 Å². The Labute approximate surface area is 113 Å². The summed E-state index contributed by atoms with van der Waals surface area (Å²) in [6, 6.07) is 5.53. The molecule has 0 bridgehead atoms. The van der Waals surface area contributed by atoms with Gasteiger partial charge in [0.2, 0.25) is 0 Å². The van der Waals surface area contributed by atoms with Gasteiger partial charge < -0.3 is 15.7 Å². The lowest BCUT2D eigenvalue weighted by Crippen LogP contribution is -2.26. The van der Waals surface area contributed by atoms with Crippen molar-refractivity contribution >= 4 is 5.84 Å². The summed E-state index contributed by atoms with van der Waals surface area (Å²) in [6.45, 7) is 2.63. The summed E-state index contributed by atoms with van der Waals surface area (Å²) in [6.07, 6.45) is 6.25. The van der Waals surface area contributed by atoms with E-state index in [9.17, 15) is 0 Å². The predicted molar refractivity (Wildman–Crippen MR) is 75.3 cm³/mol. The molecule has 0 amide bonds. The average Bonchev–Trinajstić information content (AvgIpc) is 2.47. The summed E-state index contributed by atoms with van der Waals surface area (Å²) in [5.41, 5.74) is 7.15. The molecule has 1 aromatic carbocycles. The van der Waals surface area contributed by atoms with Crippen LogP contribution in [-0.4, -0.2) is 24.2 Å². The maximum atomic E-state index is 8.76.